The fourth-order valence-corrected chi connectivity index (χ4v) is 13.1. The van der Waals surface area contributed by atoms with Crippen molar-refractivity contribution >= 4 is 55.9 Å². The first kappa shape index (κ1) is 50.6. The van der Waals surface area contributed by atoms with Crippen LogP contribution in [-0.2, 0) is 28.7 Å². The van der Waals surface area contributed by atoms with Crippen molar-refractivity contribution in [3.8, 4) is 22.3 Å². The summed E-state index contributed by atoms with van der Waals surface area (Å²) in [5, 5.41) is 2.49. The van der Waals surface area contributed by atoms with Gasteiger partial charge in [0.15, 0.2) is 0 Å². The van der Waals surface area contributed by atoms with Crippen LogP contribution in [0.5, 0.6) is 0 Å². The highest BCUT2D eigenvalue weighted by Crippen LogP contribution is 2.62. The summed E-state index contributed by atoms with van der Waals surface area (Å²) in [6, 6.07) is 89.3. The van der Waals surface area contributed by atoms with Crippen LogP contribution in [0.4, 0.5) is 34.1 Å². The smallest absolute Gasteiger partial charge is 0.0740 e. The van der Waals surface area contributed by atoms with Crippen LogP contribution in [0.1, 0.15) is 93.8 Å². The maximum Gasteiger partial charge on any atom is 0.0740 e. The van der Waals surface area contributed by atoms with Crippen LogP contribution in [0.3, 0.4) is 0 Å². The standard InChI is InChI=1S/C77H69N3/c1-74(2,3)55-33-41-61(42-34-55)79(60-39-31-54(32-40-60)53-23-13-9-14-24-53)64-47-48-65-67(51-64)77(58-25-15-10-16-26-58,59-27-17-11-18-28-59)68-52-70(73-72(71(65)68)66-29-19-20-30-69(66)78(73)8)80(62-43-35-56(36-44-62)75(4,5)6)63-45-37-57(38-46-63)76(7)49-21-12-22-50-76/h9-49,51-52H,50H2,1-8H3/t76-/m1/s1. The van der Waals surface area contributed by atoms with E-state index in [1.54, 1.807) is 0 Å². The molecule has 0 aliphatic heterocycles. The molecular weight excluding hydrogens is 967 g/mol. The summed E-state index contributed by atoms with van der Waals surface area (Å²) < 4.78 is 2.45. The number of rotatable bonds is 10. The molecule has 1 aromatic heterocycles. The Morgan fingerprint density at radius 2 is 0.925 bits per heavy atom. The zero-order valence-electron chi connectivity index (χ0n) is 47.4. The monoisotopic (exact) mass is 1040 g/mol. The zero-order chi connectivity index (χ0) is 55.0. The Morgan fingerprint density at radius 1 is 0.438 bits per heavy atom. The predicted octanol–water partition coefficient (Wildman–Crippen LogP) is 20.7. The summed E-state index contributed by atoms with van der Waals surface area (Å²) in [6.07, 6.45) is 9.96. The molecule has 1 heterocycles. The second kappa shape index (κ2) is 19.5. The second-order valence-corrected chi connectivity index (χ2v) is 24.5. The van der Waals surface area contributed by atoms with E-state index in [2.05, 4.69) is 331 Å². The molecule has 392 valence electrons. The van der Waals surface area contributed by atoms with Gasteiger partial charge in [0.05, 0.1) is 16.6 Å². The van der Waals surface area contributed by atoms with Crippen LogP contribution in [0.2, 0.25) is 0 Å². The highest BCUT2D eigenvalue weighted by molar-refractivity contribution is 6.22. The summed E-state index contributed by atoms with van der Waals surface area (Å²) in [4.78, 5) is 4.99. The van der Waals surface area contributed by atoms with E-state index in [1.807, 2.05) is 0 Å². The van der Waals surface area contributed by atoms with Crippen molar-refractivity contribution < 1.29 is 0 Å². The maximum absolute atomic E-state index is 2.57. The van der Waals surface area contributed by atoms with Gasteiger partial charge in [0, 0.05) is 57.2 Å². The number of anilines is 6. The molecule has 0 amide bonds. The van der Waals surface area contributed by atoms with E-state index in [9.17, 15) is 0 Å². The van der Waals surface area contributed by atoms with Gasteiger partial charge in [-0.15, -0.1) is 0 Å². The first-order valence-corrected chi connectivity index (χ1v) is 28.4. The number of benzene rings is 10. The normalized spacial score (nSPS) is 15.5. The Bertz CT molecular complexity index is 4090. The fraction of sp³-hybridized carbons (Fsp3) is 0.169. The van der Waals surface area contributed by atoms with Gasteiger partial charge < -0.3 is 14.4 Å². The minimum absolute atomic E-state index is 0.00817. The zero-order valence-corrected chi connectivity index (χ0v) is 47.4. The van der Waals surface area contributed by atoms with E-state index >= 15 is 0 Å². The van der Waals surface area contributed by atoms with Gasteiger partial charge in [-0.05, 0) is 151 Å². The molecule has 11 aromatic rings. The minimum Gasteiger partial charge on any atom is -0.342 e. The van der Waals surface area contributed by atoms with Gasteiger partial charge in [0.2, 0.25) is 0 Å². The highest BCUT2D eigenvalue weighted by atomic mass is 15.2. The molecule has 0 saturated heterocycles. The number of allylic oxidation sites excluding steroid dienone is 4. The molecule has 0 unspecified atom stereocenters. The number of hydrogen-bond donors (Lipinski definition) is 0. The molecule has 0 saturated carbocycles. The van der Waals surface area contributed by atoms with Crippen LogP contribution in [0.15, 0.2) is 261 Å². The van der Waals surface area contributed by atoms with E-state index in [1.165, 1.54) is 83.0 Å². The molecule has 10 aromatic carbocycles. The average molecular weight is 1040 g/mol. The third-order valence-corrected chi connectivity index (χ3v) is 17.4. The van der Waals surface area contributed by atoms with Crippen LogP contribution in [0.25, 0.3) is 44.1 Å². The van der Waals surface area contributed by atoms with Crippen molar-refractivity contribution in [1.82, 2.24) is 4.57 Å². The van der Waals surface area contributed by atoms with E-state index in [0.29, 0.717) is 0 Å². The lowest BCUT2D eigenvalue weighted by Crippen LogP contribution is -2.29. The molecule has 0 spiro atoms. The molecule has 2 aliphatic carbocycles. The van der Waals surface area contributed by atoms with Gasteiger partial charge >= 0.3 is 0 Å². The Hall–Kier alpha value is -8.92. The summed E-state index contributed by atoms with van der Waals surface area (Å²) in [7, 11) is 2.26. The van der Waals surface area contributed by atoms with E-state index in [-0.39, 0.29) is 16.2 Å². The number of fused-ring (bicyclic) bond motifs is 7. The maximum atomic E-state index is 2.57. The van der Waals surface area contributed by atoms with Crippen molar-refractivity contribution in [2.24, 2.45) is 7.05 Å². The highest BCUT2D eigenvalue weighted by Gasteiger charge is 2.48. The van der Waals surface area contributed by atoms with Gasteiger partial charge in [-0.25, -0.2) is 0 Å². The fourth-order valence-electron chi connectivity index (χ4n) is 13.1. The molecule has 2 aliphatic rings. The van der Waals surface area contributed by atoms with Gasteiger partial charge in [0.1, 0.15) is 0 Å². The SMILES string of the molecule is Cn1c2ccccc2c2c3c(cc(N(c4ccc(C(C)(C)C)cc4)c4ccc([C@]5(C)C=CC=CC5)cc4)c21)C(c1ccccc1)(c1ccccc1)c1cc(N(c2ccc(-c4ccccc4)cc2)c2ccc(C(C)(C)C)cc2)ccc1-3. The first-order chi connectivity index (χ1) is 38.7. The van der Waals surface area contributed by atoms with Crippen LogP contribution in [-0.4, -0.2) is 4.57 Å². The van der Waals surface area contributed by atoms with Crippen LogP contribution in [0, 0.1) is 0 Å². The van der Waals surface area contributed by atoms with Crippen molar-refractivity contribution in [2.45, 2.75) is 76.5 Å². The molecule has 3 nitrogen and oxygen atoms in total. The summed E-state index contributed by atoms with van der Waals surface area (Å²) in [5.41, 5.74) is 21.9. The largest absolute Gasteiger partial charge is 0.342 e. The third-order valence-electron chi connectivity index (χ3n) is 17.4. The van der Waals surface area contributed by atoms with Crippen molar-refractivity contribution in [3.63, 3.8) is 0 Å². The molecule has 0 N–H and O–H groups in total. The molecule has 80 heavy (non-hydrogen) atoms. The number of para-hydroxylation sites is 1. The Morgan fingerprint density at radius 3 is 1.48 bits per heavy atom. The Kier molecular flexibility index (Phi) is 12.3. The number of nitrogens with zero attached hydrogens (tertiary/aromatic N) is 3. The molecule has 0 fully saturated rings. The van der Waals surface area contributed by atoms with E-state index < -0.39 is 5.41 Å². The van der Waals surface area contributed by atoms with Crippen molar-refractivity contribution in [3.05, 3.63) is 300 Å². The lowest BCUT2D eigenvalue weighted by Gasteiger charge is -2.36. The average Bonchev–Trinajstić information content (AvgIpc) is 3.81. The first-order valence-electron chi connectivity index (χ1n) is 28.4. The van der Waals surface area contributed by atoms with E-state index in [4.69, 9.17) is 0 Å². The summed E-state index contributed by atoms with van der Waals surface area (Å²) in [5.74, 6) is 0. The van der Waals surface area contributed by atoms with Crippen molar-refractivity contribution in [1.29, 1.82) is 0 Å². The predicted molar refractivity (Wildman–Crippen MR) is 340 cm³/mol. The van der Waals surface area contributed by atoms with E-state index in [0.717, 1.165) is 40.5 Å². The van der Waals surface area contributed by atoms with Crippen LogP contribution < -0.4 is 9.80 Å². The summed E-state index contributed by atoms with van der Waals surface area (Å²) >= 11 is 0. The lowest BCUT2D eigenvalue weighted by molar-refractivity contribution is 0.590. The Balaban J connectivity index is 1.11. The van der Waals surface area contributed by atoms with Gasteiger partial charge in [-0.2, -0.15) is 0 Å². The topological polar surface area (TPSA) is 11.4 Å². The number of aryl methyl sites for hydroxylation is 1. The molecule has 13 rings (SSSR count). The lowest BCUT2D eigenvalue weighted by atomic mass is 9.67. The van der Waals surface area contributed by atoms with Gasteiger partial charge in [0.25, 0.3) is 0 Å². The second-order valence-electron chi connectivity index (χ2n) is 24.5. The van der Waals surface area contributed by atoms with Gasteiger partial charge in [-0.3, -0.25) is 0 Å². The minimum atomic E-state index is -0.747. The molecule has 1 atom stereocenters. The number of aromatic nitrogens is 1. The Labute approximate surface area is 473 Å². The number of hydrogen-bond acceptors (Lipinski definition) is 2. The quantitative estimate of drug-likeness (QED) is 0.135. The summed E-state index contributed by atoms with van der Waals surface area (Å²) in [6.45, 7) is 16.1. The molecule has 0 bridgehead atoms. The van der Waals surface area contributed by atoms with Gasteiger partial charge in [-0.1, -0.05) is 237 Å². The third kappa shape index (κ3) is 8.41. The molecule has 0 radical (unpaired) electrons. The van der Waals surface area contributed by atoms with Crippen molar-refractivity contribution in [2.75, 3.05) is 9.80 Å². The molecule has 3 heteroatoms. The molecular formula is C77H69N3. The van der Waals surface area contributed by atoms with Crippen LogP contribution >= 0.6 is 0 Å².